The fourth-order valence-electron chi connectivity index (χ4n) is 4.13. The van der Waals surface area contributed by atoms with E-state index in [-0.39, 0.29) is 5.91 Å². The number of nitrogens with zero attached hydrogens (tertiary/aromatic N) is 2. The summed E-state index contributed by atoms with van der Waals surface area (Å²) in [5.74, 6) is 0.0883. The van der Waals surface area contributed by atoms with Crippen molar-refractivity contribution < 1.29 is 4.79 Å². The summed E-state index contributed by atoms with van der Waals surface area (Å²) in [5, 5.41) is 5.20. The molecule has 1 saturated heterocycles. The third-order valence-corrected chi connectivity index (χ3v) is 6.00. The molecule has 3 rings (SSSR count). The second kappa shape index (κ2) is 11.0. The Morgan fingerprint density at radius 1 is 1.26 bits per heavy atom. The number of fused-ring (bicyclic) bond motifs is 1. The summed E-state index contributed by atoms with van der Waals surface area (Å²) < 4.78 is 2.09. The van der Waals surface area contributed by atoms with E-state index in [0.717, 1.165) is 42.4 Å². The Bertz CT molecular complexity index is 995. The number of nitrogens with one attached hydrogen (secondary N) is 1. The molecule has 1 aromatic heterocycles. The van der Waals surface area contributed by atoms with Gasteiger partial charge in [0.25, 0.3) is 5.91 Å². The van der Waals surface area contributed by atoms with Crippen LogP contribution in [0.3, 0.4) is 0 Å². The van der Waals surface area contributed by atoms with E-state index in [0.29, 0.717) is 29.4 Å². The predicted octanol–water partition coefficient (Wildman–Crippen LogP) is 6.07. The minimum atomic E-state index is 0.0883. The van der Waals surface area contributed by atoms with Crippen molar-refractivity contribution >= 4 is 40.0 Å². The molecule has 1 aliphatic heterocycles. The van der Waals surface area contributed by atoms with Gasteiger partial charge in [-0.05, 0) is 49.6 Å². The van der Waals surface area contributed by atoms with Gasteiger partial charge in [-0.25, -0.2) is 0 Å². The predicted molar refractivity (Wildman–Crippen MR) is 132 cm³/mol. The van der Waals surface area contributed by atoms with Crippen LogP contribution in [0.4, 0.5) is 0 Å². The summed E-state index contributed by atoms with van der Waals surface area (Å²) in [4.78, 5) is 15.5. The first-order valence-electron chi connectivity index (χ1n) is 10.9. The molecule has 0 radical (unpaired) electrons. The van der Waals surface area contributed by atoms with Crippen LogP contribution < -0.4 is 5.32 Å². The second-order valence-electron chi connectivity index (χ2n) is 8.25. The van der Waals surface area contributed by atoms with Crippen molar-refractivity contribution in [3.63, 3.8) is 0 Å². The lowest BCUT2D eigenvalue weighted by Gasteiger charge is -2.33. The lowest BCUT2D eigenvalue weighted by atomic mass is 10.0. The number of piperidine rings is 1. The Hall–Kier alpha value is -2.01. The van der Waals surface area contributed by atoms with Crippen molar-refractivity contribution in [1.82, 2.24) is 14.8 Å². The van der Waals surface area contributed by atoms with Crippen LogP contribution in [0.15, 0.2) is 64.7 Å². The fourth-order valence-corrected chi connectivity index (χ4v) is 4.53. The fraction of sp³-hybridized carbons (Fsp3) is 0.400. The van der Waals surface area contributed by atoms with Crippen molar-refractivity contribution in [1.29, 1.82) is 0 Å². The van der Waals surface area contributed by atoms with Crippen LogP contribution in [0.1, 0.15) is 44.1 Å². The van der Waals surface area contributed by atoms with E-state index in [4.69, 9.17) is 23.2 Å². The molecule has 6 heteroatoms. The van der Waals surface area contributed by atoms with E-state index in [9.17, 15) is 4.79 Å². The SMILES string of the molecule is C\C=C(/C=C(Cl)\C=C\Cl)Cn1c(C(=O)N2CCC(NC(C)C)CC2)cc2ccccc21. The second-order valence-corrected chi connectivity index (χ2v) is 8.94. The van der Waals surface area contributed by atoms with Gasteiger partial charge in [0, 0.05) is 53.2 Å². The maximum atomic E-state index is 13.5. The number of para-hydroxylation sites is 1. The quantitative estimate of drug-likeness (QED) is 0.510. The van der Waals surface area contributed by atoms with E-state index in [1.165, 1.54) is 5.54 Å². The number of aromatic nitrogens is 1. The Labute approximate surface area is 195 Å². The third-order valence-electron chi connectivity index (χ3n) is 5.64. The number of benzene rings is 1. The van der Waals surface area contributed by atoms with E-state index in [2.05, 4.69) is 35.9 Å². The van der Waals surface area contributed by atoms with Gasteiger partial charge in [0.2, 0.25) is 0 Å². The van der Waals surface area contributed by atoms with Crippen LogP contribution in [0, 0.1) is 0 Å². The molecule has 1 amide bonds. The maximum Gasteiger partial charge on any atom is 0.270 e. The molecule has 0 aliphatic carbocycles. The first-order chi connectivity index (χ1) is 14.9. The van der Waals surface area contributed by atoms with Crippen LogP contribution in [-0.2, 0) is 6.54 Å². The lowest BCUT2D eigenvalue weighted by molar-refractivity contribution is 0.0693. The topological polar surface area (TPSA) is 37.3 Å². The van der Waals surface area contributed by atoms with Crippen LogP contribution in [0.5, 0.6) is 0 Å². The van der Waals surface area contributed by atoms with Crippen LogP contribution in [0.25, 0.3) is 10.9 Å². The molecule has 31 heavy (non-hydrogen) atoms. The molecule has 0 unspecified atom stereocenters. The van der Waals surface area contributed by atoms with Crippen LogP contribution >= 0.6 is 23.2 Å². The van der Waals surface area contributed by atoms with Crippen molar-refractivity contribution in [2.45, 2.75) is 52.2 Å². The molecule has 1 aliphatic rings. The summed E-state index contributed by atoms with van der Waals surface area (Å²) in [7, 11) is 0. The number of hydrogen-bond donors (Lipinski definition) is 1. The summed E-state index contributed by atoms with van der Waals surface area (Å²) in [6.45, 7) is 8.40. The molecule has 2 heterocycles. The van der Waals surface area contributed by atoms with Gasteiger partial charge < -0.3 is 14.8 Å². The minimum Gasteiger partial charge on any atom is -0.337 e. The maximum absolute atomic E-state index is 13.5. The number of hydrogen-bond acceptors (Lipinski definition) is 2. The lowest BCUT2D eigenvalue weighted by Crippen LogP contribution is -2.47. The molecule has 1 fully saturated rings. The van der Waals surface area contributed by atoms with Crippen molar-refractivity contribution in [3.8, 4) is 0 Å². The van der Waals surface area contributed by atoms with Gasteiger partial charge in [0.1, 0.15) is 5.69 Å². The average molecular weight is 460 g/mol. The van der Waals surface area contributed by atoms with Gasteiger partial charge in [-0.1, -0.05) is 61.3 Å². The Morgan fingerprint density at radius 2 is 1.97 bits per heavy atom. The molecule has 1 N–H and O–H groups in total. The van der Waals surface area contributed by atoms with Gasteiger partial charge in [-0.3, -0.25) is 4.79 Å². The molecule has 0 spiro atoms. The van der Waals surface area contributed by atoms with Crippen molar-refractivity contribution in [2.24, 2.45) is 0 Å². The Kier molecular flexibility index (Phi) is 8.42. The van der Waals surface area contributed by atoms with Crippen molar-refractivity contribution in [2.75, 3.05) is 13.1 Å². The number of allylic oxidation sites excluding steroid dienone is 5. The van der Waals surface area contributed by atoms with Crippen LogP contribution in [-0.4, -0.2) is 40.5 Å². The third kappa shape index (κ3) is 6.03. The first-order valence-corrected chi connectivity index (χ1v) is 11.7. The summed E-state index contributed by atoms with van der Waals surface area (Å²) in [6, 6.07) is 11.1. The average Bonchev–Trinajstić information content (AvgIpc) is 3.11. The Morgan fingerprint density at radius 3 is 2.61 bits per heavy atom. The number of rotatable bonds is 7. The normalized spacial score (nSPS) is 16.8. The minimum absolute atomic E-state index is 0.0883. The van der Waals surface area contributed by atoms with E-state index in [1.54, 1.807) is 6.08 Å². The zero-order chi connectivity index (χ0) is 22.4. The van der Waals surface area contributed by atoms with Gasteiger partial charge in [-0.2, -0.15) is 0 Å². The van der Waals surface area contributed by atoms with Gasteiger partial charge >= 0.3 is 0 Å². The molecule has 166 valence electrons. The standard InChI is InChI=1S/C25H31Cl2N3O/c1-4-19(15-21(27)9-12-26)17-30-23-8-6-5-7-20(23)16-24(30)25(31)29-13-10-22(11-14-29)28-18(2)3/h4-9,12,15-16,18,22,28H,10-11,13-14,17H2,1-3H3/b12-9+,19-4+,21-15+. The van der Waals surface area contributed by atoms with E-state index < -0.39 is 0 Å². The zero-order valence-corrected chi connectivity index (χ0v) is 20.0. The molecule has 0 bridgehead atoms. The van der Waals surface area contributed by atoms with Gasteiger partial charge in [0.15, 0.2) is 0 Å². The highest BCUT2D eigenvalue weighted by Crippen LogP contribution is 2.25. The molecule has 4 nitrogen and oxygen atoms in total. The number of halogens is 2. The highest BCUT2D eigenvalue weighted by atomic mass is 35.5. The monoisotopic (exact) mass is 459 g/mol. The first kappa shape index (κ1) is 23.6. The van der Waals surface area contributed by atoms with Gasteiger partial charge in [0.05, 0.1) is 0 Å². The van der Waals surface area contributed by atoms with Crippen molar-refractivity contribution in [3.05, 3.63) is 70.4 Å². The molecular formula is C25H31Cl2N3O. The number of carbonyl (C=O) groups is 1. The highest BCUT2D eigenvalue weighted by Gasteiger charge is 2.26. The largest absolute Gasteiger partial charge is 0.337 e. The highest BCUT2D eigenvalue weighted by molar-refractivity contribution is 6.33. The summed E-state index contributed by atoms with van der Waals surface area (Å²) in [5.41, 5.74) is 4.16. The molecule has 0 saturated carbocycles. The number of amides is 1. The van der Waals surface area contributed by atoms with E-state index in [1.807, 2.05) is 42.2 Å². The van der Waals surface area contributed by atoms with Crippen LogP contribution in [0.2, 0.25) is 0 Å². The molecule has 1 aromatic carbocycles. The Balaban J connectivity index is 1.87. The van der Waals surface area contributed by atoms with Gasteiger partial charge in [-0.15, -0.1) is 0 Å². The molecule has 0 atom stereocenters. The van der Waals surface area contributed by atoms with E-state index >= 15 is 0 Å². The summed E-state index contributed by atoms with van der Waals surface area (Å²) >= 11 is 11.9. The molecular weight excluding hydrogens is 429 g/mol. The zero-order valence-electron chi connectivity index (χ0n) is 18.4. The summed E-state index contributed by atoms with van der Waals surface area (Å²) in [6.07, 6.45) is 7.49. The molecule has 2 aromatic rings. The smallest absolute Gasteiger partial charge is 0.270 e. The number of carbonyl (C=O) groups excluding carboxylic acids is 1. The number of likely N-dealkylation sites (tertiary alicyclic amines) is 1.